The Morgan fingerprint density at radius 2 is 1.88 bits per heavy atom. The summed E-state index contributed by atoms with van der Waals surface area (Å²) < 4.78 is 19.2. The molecule has 124 valence electrons. The van der Waals surface area contributed by atoms with Crippen molar-refractivity contribution >= 4 is 23.2 Å². The van der Waals surface area contributed by atoms with E-state index in [-0.39, 0.29) is 12.1 Å². The van der Waals surface area contributed by atoms with Gasteiger partial charge in [-0.25, -0.2) is 9.29 Å². The monoisotopic (exact) mass is 328 g/mol. The maximum absolute atomic E-state index is 13.9. The lowest BCUT2D eigenvalue weighted by atomic mass is 10.2. The third-order valence-electron chi connectivity index (χ3n) is 3.75. The molecule has 1 atom stereocenters. The topological polar surface area (TPSA) is 58.6 Å². The van der Waals surface area contributed by atoms with E-state index < -0.39 is 23.7 Å². The number of nitrogens with one attached hydrogen (secondary N) is 1. The van der Waals surface area contributed by atoms with Crippen molar-refractivity contribution in [3.8, 4) is 5.75 Å². The molecule has 1 aliphatic heterocycles. The third kappa shape index (κ3) is 3.08. The maximum atomic E-state index is 13.9. The summed E-state index contributed by atoms with van der Waals surface area (Å²) in [6.07, 6.45) is -0.0135. The maximum Gasteiger partial charge on any atom is 0.256 e. The van der Waals surface area contributed by atoms with Gasteiger partial charge in [0, 0.05) is 5.69 Å². The van der Waals surface area contributed by atoms with Crippen LogP contribution in [0.15, 0.2) is 48.5 Å². The molecule has 2 amide bonds. The number of imide groups is 1. The van der Waals surface area contributed by atoms with Crippen molar-refractivity contribution in [3.63, 3.8) is 0 Å². The molecule has 0 saturated carbocycles. The minimum absolute atomic E-state index is 0.0107. The lowest BCUT2D eigenvalue weighted by molar-refractivity contribution is -0.121. The van der Waals surface area contributed by atoms with Gasteiger partial charge in [-0.05, 0) is 43.3 Å². The van der Waals surface area contributed by atoms with Crippen molar-refractivity contribution in [2.24, 2.45) is 0 Å². The number of hydrogen-bond acceptors (Lipinski definition) is 4. The molecule has 0 bridgehead atoms. The van der Waals surface area contributed by atoms with Gasteiger partial charge < -0.3 is 10.1 Å². The van der Waals surface area contributed by atoms with Crippen LogP contribution in [0.4, 0.5) is 15.8 Å². The predicted molar refractivity (Wildman–Crippen MR) is 88.5 cm³/mol. The van der Waals surface area contributed by atoms with Crippen LogP contribution in [0.5, 0.6) is 5.75 Å². The van der Waals surface area contributed by atoms with E-state index in [0.717, 1.165) is 10.6 Å². The summed E-state index contributed by atoms with van der Waals surface area (Å²) in [4.78, 5) is 25.6. The van der Waals surface area contributed by atoms with Crippen LogP contribution in [0.2, 0.25) is 0 Å². The lowest BCUT2D eigenvalue weighted by Crippen LogP contribution is -2.35. The highest BCUT2D eigenvalue weighted by atomic mass is 19.1. The Morgan fingerprint density at radius 3 is 2.54 bits per heavy atom. The lowest BCUT2D eigenvalue weighted by Gasteiger charge is -2.16. The standard InChI is InChI=1S/C18H17FN2O3/c1-2-24-13-9-7-12(8-10-13)20-15-11-17(22)21(18(15)23)16-6-4-3-5-14(16)19/h3-10,15,20H,2,11H2,1H3/t15-/m1/s1. The third-order valence-corrected chi connectivity index (χ3v) is 3.75. The fraction of sp³-hybridized carbons (Fsp3) is 0.222. The van der Waals surface area contributed by atoms with Crippen LogP contribution in [-0.4, -0.2) is 24.5 Å². The van der Waals surface area contributed by atoms with Crippen LogP contribution in [0.1, 0.15) is 13.3 Å². The number of ether oxygens (including phenoxy) is 1. The summed E-state index contributed by atoms with van der Waals surface area (Å²) in [6.45, 7) is 2.46. The molecule has 0 aromatic heterocycles. The number of rotatable bonds is 5. The highest BCUT2D eigenvalue weighted by Gasteiger charge is 2.40. The molecular formula is C18H17FN2O3. The molecule has 6 heteroatoms. The summed E-state index contributed by atoms with van der Waals surface area (Å²) in [6, 6.07) is 12.1. The van der Waals surface area contributed by atoms with E-state index in [0.29, 0.717) is 12.3 Å². The number of halogens is 1. The SMILES string of the molecule is CCOc1ccc(N[C@@H]2CC(=O)N(c3ccccc3F)C2=O)cc1. The first-order valence-electron chi connectivity index (χ1n) is 7.71. The van der Waals surface area contributed by atoms with Gasteiger partial charge in [0.25, 0.3) is 5.91 Å². The van der Waals surface area contributed by atoms with Gasteiger partial charge in [0.1, 0.15) is 17.6 Å². The largest absolute Gasteiger partial charge is 0.494 e. The second-order valence-corrected chi connectivity index (χ2v) is 5.38. The second-order valence-electron chi connectivity index (χ2n) is 5.38. The first-order valence-corrected chi connectivity index (χ1v) is 7.71. The predicted octanol–water partition coefficient (Wildman–Crippen LogP) is 2.97. The van der Waals surface area contributed by atoms with Gasteiger partial charge in [0.05, 0.1) is 18.7 Å². The molecule has 0 spiro atoms. The molecule has 1 saturated heterocycles. The molecule has 5 nitrogen and oxygen atoms in total. The fourth-order valence-electron chi connectivity index (χ4n) is 2.65. The van der Waals surface area contributed by atoms with E-state index in [1.54, 1.807) is 30.3 Å². The zero-order valence-corrected chi connectivity index (χ0v) is 13.2. The first kappa shape index (κ1) is 16.0. The van der Waals surface area contributed by atoms with E-state index in [1.807, 2.05) is 6.92 Å². The summed E-state index contributed by atoms with van der Waals surface area (Å²) >= 11 is 0. The highest BCUT2D eigenvalue weighted by molar-refractivity contribution is 6.23. The average molecular weight is 328 g/mol. The van der Waals surface area contributed by atoms with Gasteiger partial charge in [0.15, 0.2) is 0 Å². The van der Waals surface area contributed by atoms with E-state index in [4.69, 9.17) is 4.74 Å². The number of carbonyl (C=O) groups excluding carboxylic acids is 2. The Hall–Kier alpha value is -2.89. The van der Waals surface area contributed by atoms with Gasteiger partial charge >= 0.3 is 0 Å². The molecule has 3 rings (SSSR count). The van der Waals surface area contributed by atoms with E-state index >= 15 is 0 Å². The van der Waals surface area contributed by atoms with Crippen LogP contribution in [0, 0.1) is 5.82 Å². The zero-order chi connectivity index (χ0) is 17.1. The minimum Gasteiger partial charge on any atom is -0.494 e. The Labute approximate surface area is 139 Å². The van der Waals surface area contributed by atoms with Crippen LogP contribution in [0.25, 0.3) is 0 Å². The minimum atomic E-state index is -0.713. The first-order chi connectivity index (χ1) is 11.6. The van der Waals surface area contributed by atoms with E-state index in [1.165, 1.54) is 18.2 Å². The number of para-hydroxylation sites is 1. The van der Waals surface area contributed by atoms with Crippen molar-refractivity contribution in [1.29, 1.82) is 0 Å². The Balaban J connectivity index is 1.75. The van der Waals surface area contributed by atoms with Crippen molar-refractivity contribution in [3.05, 3.63) is 54.3 Å². The molecule has 0 aliphatic carbocycles. The van der Waals surface area contributed by atoms with Crippen molar-refractivity contribution in [2.45, 2.75) is 19.4 Å². The van der Waals surface area contributed by atoms with Crippen LogP contribution in [0.3, 0.4) is 0 Å². The second kappa shape index (κ2) is 6.70. The number of hydrogen-bond donors (Lipinski definition) is 1. The number of amides is 2. The van der Waals surface area contributed by atoms with Gasteiger partial charge in [0.2, 0.25) is 5.91 Å². The number of nitrogens with zero attached hydrogens (tertiary/aromatic N) is 1. The summed E-state index contributed by atoms with van der Waals surface area (Å²) in [7, 11) is 0. The normalized spacial score (nSPS) is 17.2. The Bertz CT molecular complexity index is 761. The molecule has 1 aliphatic rings. The number of anilines is 2. The Morgan fingerprint density at radius 1 is 1.17 bits per heavy atom. The molecule has 2 aromatic rings. The van der Waals surface area contributed by atoms with Crippen molar-refractivity contribution in [2.75, 3.05) is 16.8 Å². The molecule has 1 N–H and O–H groups in total. The average Bonchev–Trinajstić information content (AvgIpc) is 2.84. The number of benzene rings is 2. The van der Waals surface area contributed by atoms with Crippen LogP contribution < -0.4 is 15.0 Å². The molecule has 1 fully saturated rings. The number of carbonyl (C=O) groups is 2. The molecule has 24 heavy (non-hydrogen) atoms. The molecule has 1 heterocycles. The van der Waals surface area contributed by atoms with E-state index in [9.17, 15) is 14.0 Å². The summed E-state index contributed by atoms with van der Waals surface area (Å²) in [5.41, 5.74) is 0.684. The molecule has 0 unspecified atom stereocenters. The summed E-state index contributed by atoms with van der Waals surface area (Å²) in [5, 5.41) is 3.02. The molecule has 0 radical (unpaired) electrons. The zero-order valence-electron chi connectivity index (χ0n) is 13.2. The van der Waals surface area contributed by atoms with Crippen molar-refractivity contribution < 1.29 is 18.7 Å². The van der Waals surface area contributed by atoms with Gasteiger partial charge in [-0.1, -0.05) is 12.1 Å². The molecule has 2 aromatic carbocycles. The van der Waals surface area contributed by atoms with Crippen LogP contribution in [-0.2, 0) is 9.59 Å². The highest BCUT2D eigenvalue weighted by Crippen LogP contribution is 2.27. The van der Waals surface area contributed by atoms with Crippen LogP contribution >= 0.6 is 0 Å². The molecular weight excluding hydrogens is 311 g/mol. The smallest absolute Gasteiger partial charge is 0.256 e. The van der Waals surface area contributed by atoms with Crippen molar-refractivity contribution in [1.82, 2.24) is 0 Å². The van der Waals surface area contributed by atoms with Gasteiger partial charge in [-0.3, -0.25) is 9.59 Å². The quantitative estimate of drug-likeness (QED) is 0.857. The summed E-state index contributed by atoms with van der Waals surface area (Å²) in [5.74, 6) is -0.752. The Kier molecular flexibility index (Phi) is 4.46. The van der Waals surface area contributed by atoms with E-state index in [2.05, 4.69) is 5.32 Å². The fourth-order valence-corrected chi connectivity index (χ4v) is 2.65. The van der Waals surface area contributed by atoms with Gasteiger partial charge in [-0.15, -0.1) is 0 Å². The van der Waals surface area contributed by atoms with Gasteiger partial charge in [-0.2, -0.15) is 0 Å².